The molecule has 20 heavy (non-hydrogen) atoms. The van der Waals surface area contributed by atoms with Crippen LogP contribution in [0.3, 0.4) is 0 Å². The Morgan fingerprint density at radius 1 is 1.20 bits per heavy atom. The zero-order valence-corrected chi connectivity index (χ0v) is 12.0. The Bertz CT molecular complexity index is 645. The summed E-state index contributed by atoms with van der Waals surface area (Å²) in [5.74, 6) is 1.16. The van der Waals surface area contributed by atoms with E-state index in [0.717, 1.165) is 24.3 Å². The van der Waals surface area contributed by atoms with Gasteiger partial charge in [0.05, 0.1) is 11.6 Å². The Balaban J connectivity index is 1.72. The van der Waals surface area contributed by atoms with Crippen molar-refractivity contribution in [2.75, 3.05) is 5.75 Å². The number of hydrogen-bond acceptors (Lipinski definition) is 3. The number of nitriles is 1. The topological polar surface area (TPSA) is 35.8 Å². The fraction of sp³-hybridized carbons (Fsp3) is 0.235. The summed E-state index contributed by atoms with van der Waals surface area (Å²) in [6.07, 6.45) is 1.15. The second kappa shape index (κ2) is 6.13. The zero-order chi connectivity index (χ0) is 13.8. The highest BCUT2D eigenvalue weighted by molar-refractivity contribution is 7.99. The molecule has 1 aliphatic heterocycles. The molecule has 0 aliphatic carbocycles. The van der Waals surface area contributed by atoms with E-state index in [1.54, 1.807) is 0 Å². The highest BCUT2D eigenvalue weighted by atomic mass is 32.2. The highest BCUT2D eigenvalue weighted by Gasteiger charge is 2.19. The maximum Gasteiger partial charge on any atom is 0.0991 e. The molecule has 3 rings (SSSR count). The lowest BCUT2D eigenvalue weighted by Gasteiger charge is -2.26. The molecule has 1 aliphatic rings. The summed E-state index contributed by atoms with van der Waals surface area (Å²) in [6, 6.07) is 19.0. The Labute approximate surface area is 123 Å². The molecule has 2 aromatic rings. The van der Waals surface area contributed by atoms with Crippen molar-refractivity contribution >= 4 is 11.8 Å². The minimum Gasteiger partial charge on any atom is -0.306 e. The molecular weight excluding hydrogens is 264 g/mol. The first kappa shape index (κ1) is 13.2. The first-order chi connectivity index (χ1) is 9.86. The standard InChI is InChI=1S/C17H16N2S/c18-11-13-4-3-5-14(10-13)12-19-16-8-9-20-17-7-2-1-6-15(16)17/h1-7,10,16,19H,8-9,12H2. The molecule has 0 saturated heterocycles. The van der Waals surface area contributed by atoms with E-state index in [1.165, 1.54) is 16.0 Å². The van der Waals surface area contributed by atoms with E-state index in [1.807, 2.05) is 30.0 Å². The van der Waals surface area contributed by atoms with E-state index in [9.17, 15) is 0 Å². The van der Waals surface area contributed by atoms with Crippen molar-refractivity contribution in [1.29, 1.82) is 5.26 Å². The molecule has 0 amide bonds. The van der Waals surface area contributed by atoms with Gasteiger partial charge < -0.3 is 5.32 Å². The number of benzene rings is 2. The molecule has 2 nitrogen and oxygen atoms in total. The predicted molar refractivity (Wildman–Crippen MR) is 82.5 cm³/mol. The maximum absolute atomic E-state index is 8.94. The van der Waals surface area contributed by atoms with E-state index in [4.69, 9.17) is 5.26 Å². The van der Waals surface area contributed by atoms with Gasteiger partial charge in [-0.25, -0.2) is 0 Å². The van der Waals surface area contributed by atoms with Gasteiger partial charge in [0, 0.05) is 17.5 Å². The van der Waals surface area contributed by atoms with Gasteiger partial charge in [-0.05, 0) is 41.5 Å². The zero-order valence-electron chi connectivity index (χ0n) is 11.2. The van der Waals surface area contributed by atoms with Crippen LogP contribution in [0.4, 0.5) is 0 Å². The quantitative estimate of drug-likeness (QED) is 0.926. The van der Waals surface area contributed by atoms with Crippen LogP contribution in [0.15, 0.2) is 53.4 Å². The van der Waals surface area contributed by atoms with Crippen LogP contribution < -0.4 is 5.32 Å². The summed E-state index contributed by atoms with van der Waals surface area (Å²) < 4.78 is 0. The van der Waals surface area contributed by atoms with Crippen LogP contribution >= 0.6 is 11.8 Å². The van der Waals surface area contributed by atoms with E-state index in [-0.39, 0.29) is 0 Å². The number of rotatable bonds is 3. The molecule has 0 fully saturated rings. The average Bonchev–Trinajstić information content (AvgIpc) is 2.53. The lowest BCUT2D eigenvalue weighted by Crippen LogP contribution is -2.24. The Hall–Kier alpha value is -1.76. The van der Waals surface area contributed by atoms with Gasteiger partial charge in [0.15, 0.2) is 0 Å². The van der Waals surface area contributed by atoms with Gasteiger partial charge in [0.2, 0.25) is 0 Å². The smallest absolute Gasteiger partial charge is 0.0991 e. The first-order valence-corrected chi connectivity index (χ1v) is 7.79. The van der Waals surface area contributed by atoms with Crippen molar-refractivity contribution in [3.63, 3.8) is 0 Å². The molecule has 1 unspecified atom stereocenters. The fourth-order valence-corrected chi connectivity index (χ4v) is 3.67. The van der Waals surface area contributed by atoms with Crippen LogP contribution in [0.5, 0.6) is 0 Å². The maximum atomic E-state index is 8.94. The number of hydrogen-bond donors (Lipinski definition) is 1. The van der Waals surface area contributed by atoms with Crippen molar-refractivity contribution in [3.05, 3.63) is 65.2 Å². The van der Waals surface area contributed by atoms with E-state index in [0.29, 0.717) is 6.04 Å². The minimum absolute atomic E-state index is 0.415. The second-order valence-electron chi connectivity index (χ2n) is 4.92. The van der Waals surface area contributed by atoms with Gasteiger partial charge in [-0.1, -0.05) is 30.3 Å². The predicted octanol–water partition coefficient (Wildman–Crippen LogP) is 3.88. The number of fused-ring (bicyclic) bond motifs is 1. The normalized spacial score (nSPS) is 17.2. The highest BCUT2D eigenvalue weighted by Crippen LogP contribution is 2.35. The fourth-order valence-electron chi connectivity index (χ4n) is 2.55. The number of thioether (sulfide) groups is 1. The molecular formula is C17H16N2S. The van der Waals surface area contributed by atoms with Crippen molar-refractivity contribution in [2.45, 2.75) is 23.9 Å². The molecule has 0 bridgehead atoms. The molecule has 0 aromatic heterocycles. The van der Waals surface area contributed by atoms with Gasteiger partial charge in [-0.3, -0.25) is 0 Å². The van der Waals surface area contributed by atoms with Crippen LogP contribution in [0, 0.1) is 11.3 Å². The molecule has 0 spiro atoms. The monoisotopic (exact) mass is 280 g/mol. The van der Waals surface area contributed by atoms with E-state index < -0.39 is 0 Å². The van der Waals surface area contributed by atoms with Crippen molar-refractivity contribution in [2.24, 2.45) is 0 Å². The van der Waals surface area contributed by atoms with Crippen LogP contribution in [0.1, 0.15) is 29.2 Å². The SMILES string of the molecule is N#Cc1cccc(CNC2CCSc3ccccc32)c1. The van der Waals surface area contributed by atoms with Gasteiger partial charge in [0.1, 0.15) is 0 Å². The largest absolute Gasteiger partial charge is 0.306 e. The molecule has 1 heterocycles. The third-order valence-corrected chi connectivity index (χ3v) is 4.69. The molecule has 1 N–H and O–H groups in total. The number of nitrogens with one attached hydrogen (secondary N) is 1. The second-order valence-corrected chi connectivity index (χ2v) is 6.06. The summed E-state index contributed by atoms with van der Waals surface area (Å²) in [4.78, 5) is 1.39. The van der Waals surface area contributed by atoms with Gasteiger partial charge in [0.25, 0.3) is 0 Å². The Morgan fingerprint density at radius 2 is 2.10 bits per heavy atom. The summed E-state index contributed by atoms with van der Waals surface area (Å²) >= 11 is 1.94. The molecule has 3 heteroatoms. The summed E-state index contributed by atoms with van der Waals surface area (Å²) in [5, 5.41) is 12.6. The van der Waals surface area contributed by atoms with E-state index in [2.05, 4.69) is 41.7 Å². The van der Waals surface area contributed by atoms with Gasteiger partial charge in [-0.15, -0.1) is 11.8 Å². The first-order valence-electron chi connectivity index (χ1n) is 6.81. The third kappa shape index (κ3) is 2.87. The minimum atomic E-state index is 0.415. The van der Waals surface area contributed by atoms with Crippen molar-refractivity contribution < 1.29 is 0 Å². The average molecular weight is 280 g/mol. The molecule has 2 aromatic carbocycles. The van der Waals surface area contributed by atoms with Crippen LogP contribution in [0.2, 0.25) is 0 Å². The van der Waals surface area contributed by atoms with Crippen LogP contribution in [-0.2, 0) is 6.54 Å². The third-order valence-electron chi connectivity index (χ3n) is 3.57. The lowest BCUT2D eigenvalue weighted by molar-refractivity contribution is 0.510. The van der Waals surface area contributed by atoms with E-state index >= 15 is 0 Å². The lowest BCUT2D eigenvalue weighted by atomic mass is 10.0. The van der Waals surface area contributed by atoms with Crippen molar-refractivity contribution in [3.8, 4) is 6.07 Å². The summed E-state index contributed by atoms with van der Waals surface area (Å²) in [6.45, 7) is 0.805. The van der Waals surface area contributed by atoms with Gasteiger partial charge >= 0.3 is 0 Å². The molecule has 0 radical (unpaired) electrons. The molecule has 0 saturated carbocycles. The van der Waals surface area contributed by atoms with Gasteiger partial charge in [-0.2, -0.15) is 5.26 Å². The molecule has 100 valence electrons. The van der Waals surface area contributed by atoms with Crippen LogP contribution in [0.25, 0.3) is 0 Å². The van der Waals surface area contributed by atoms with Crippen molar-refractivity contribution in [1.82, 2.24) is 5.32 Å². The van der Waals surface area contributed by atoms with Crippen LogP contribution in [-0.4, -0.2) is 5.75 Å². The molecule has 1 atom stereocenters. The summed E-state index contributed by atoms with van der Waals surface area (Å²) in [7, 11) is 0. The summed E-state index contributed by atoms with van der Waals surface area (Å²) in [5.41, 5.74) is 3.30. The Morgan fingerprint density at radius 3 is 3.00 bits per heavy atom. The number of nitrogens with zero attached hydrogens (tertiary/aromatic N) is 1. The Kier molecular flexibility index (Phi) is 4.05.